The van der Waals surface area contributed by atoms with Crippen molar-refractivity contribution >= 4 is 5.91 Å². The van der Waals surface area contributed by atoms with E-state index < -0.39 is 5.41 Å². The quantitative estimate of drug-likeness (QED) is 0.795. The number of carbonyl (C=O) groups is 1. The van der Waals surface area contributed by atoms with Crippen molar-refractivity contribution in [2.45, 2.75) is 50.0 Å². The van der Waals surface area contributed by atoms with Crippen molar-refractivity contribution in [3.63, 3.8) is 0 Å². The number of aryl methyl sites for hydroxylation is 1. The van der Waals surface area contributed by atoms with Gasteiger partial charge in [-0.3, -0.25) is 4.79 Å². The minimum absolute atomic E-state index is 0.0230. The molecule has 2 fully saturated rings. The number of nitrogens with zero attached hydrogens (tertiary/aromatic N) is 2. The molecule has 0 radical (unpaired) electrons. The van der Waals surface area contributed by atoms with Crippen molar-refractivity contribution < 1.29 is 14.3 Å². The van der Waals surface area contributed by atoms with Crippen LogP contribution in [0.5, 0.6) is 11.5 Å². The molecule has 0 aliphatic heterocycles. The van der Waals surface area contributed by atoms with Gasteiger partial charge in [-0.05, 0) is 49.3 Å². The van der Waals surface area contributed by atoms with Crippen LogP contribution in [0.2, 0.25) is 0 Å². The van der Waals surface area contributed by atoms with Crippen molar-refractivity contribution in [3.8, 4) is 11.5 Å². The predicted molar refractivity (Wildman–Crippen MR) is 107 cm³/mol. The average Bonchev–Trinajstić information content (AvgIpc) is 3.27. The van der Waals surface area contributed by atoms with Gasteiger partial charge in [-0.15, -0.1) is 0 Å². The molecule has 6 nitrogen and oxygen atoms in total. The standard InChI is InChI=1S/C22H29N3O3/c1-25-13-12-23-20(25)19(15-6-7-15)24-21(26)22(10-4-5-11-22)16-8-9-17(27-2)18(14-16)28-3/h8-9,12-15,19H,4-7,10-11H2,1-3H3,(H,24,26). The summed E-state index contributed by atoms with van der Waals surface area (Å²) in [6.45, 7) is 0. The Morgan fingerprint density at radius 2 is 1.93 bits per heavy atom. The van der Waals surface area contributed by atoms with Gasteiger partial charge >= 0.3 is 0 Å². The SMILES string of the molecule is COc1ccc(C2(C(=O)NC(c3nccn3C)C3CC3)CCCC2)cc1OC. The first kappa shape index (κ1) is 18.8. The number of hydrogen-bond acceptors (Lipinski definition) is 4. The molecule has 0 bridgehead atoms. The van der Waals surface area contributed by atoms with E-state index in [9.17, 15) is 4.79 Å². The summed E-state index contributed by atoms with van der Waals surface area (Å²) in [5.74, 6) is 2.88. The molecule has 1 heterocycles. The van der Waals surface area contributed by atoms with Crippen molar-refractivity contribution in [2.75, 3.05) is 14.2 Å². The maximum absolute atomic E-state index is 13.7. The Bertz CT molecular complexity index is 850. The van der Waals surface area contributed by atoms with Crippen LogP contribution < -0.4 is 14.8 Å². The van der Waals surface area contributed by atoms with Crippen molar-refractivity contribution in [3.05, 3.63) is 42.0 Å². The molecule has 6 heteroatoms. The van der Waals surface area contributed by atoms with Gasteiger partial charge in [-0.2, -0.15) is 0 Å². The Labute approximate surface area is 166 Å². The molecule has 150 valence electrons. The second kappa shape index (κ2) is 7.49. The lowest BCUT2D eigenvalue weighted by Gasteiger charge is -2.31. The maximum atomic E-state index is 13.7. The molecular weight excluding hydrogens is 354 g/mol. The van der Waals surface area contributed by atoms with Gasteiger partial charge in [0, 0.05) is 19.4 Å². The van der Waals surface area contributed by atoms with Crippen molar-refractivity contribution in [1.29, 1.82) is 0 Å². The highest BCUT2D eigenvalue weighted by atomic mass is 16.5. The number of hydrogen-bond donors (Lipinski definition) is 1. The third kappa shape index (κ3) is 3.25. The van der Waals surface area contributed by atoms with Crippen LogP contribution >= 0.6 is 0 Å². The summed E-state index contributed by atoms with van der Waals surface area (Å²) < 4.78 is 12.9. The van der Waals surface area contributed by atoms with Crippen LogP contribution in [0.25, 0.3) is 0 Å². The minimum atomic E-state index is -0.516. The fourth-order valence-corrected chi connectivity index (χ4v) is 4.54. The average molecular weight is 383 g/mol. The highest BCUT2D eigenvalue weighted by molar-refractivity contribution is 5.89. The van der Waals surface area contributed by atoms with Crippen LogP contribution in [-0.4, -0.2) is 29.7 Å². The zero-order valence-corrected chi connectivity index (χ0v) is 16.9. The molecule has 2 aromatic rings. The molecule has 1 aromatic heterocycles. The lowest BCUT2D eigenvalue weighted by molar-refractivity contribution is -0.127. The van der Waals surface area contributed by atoms with Crippen molar-refractivity contribution in [1.82, 2.24) is 14.9 Å². The molecule has 0 saturated heterocycles. The number of nitrogens with one attached hydrogen (secondary N) is 1. The fourth-order valence-electron chi connectivity index (χ4n) is 4.54. The molecular formula is C22H29N3O3. The highest BCUT2D eigenvalue weighted by Crippen LogP contribution is 2.46. The van der Waals surface area contributed by atoms with Crippen LogP contribution in [0, 0.1) is 5.92 Å². The Balaban J connectivity index is 1.65. The third-order valence-corrected chi connectivity index (χ3v) is 6.34. The van der Waals surface area contributed by atoms with E-state index in [2.05, 4.69) is 10.3 Å². The molecule has 2 saturated carbocycles. The second-order valence-corrected chi connectivity index (χ2v) is 8.04. The number of carbonyl (C=O) groups excluding carboxylic acids is 1. The topological polar surface area (TPSA) is 65.4 Å². The van der Waals surface area contributed by atoms with E-state index in [0.29, 0.717) is 17.4 Å². The number of imidazole rings is 1. The van der Waals surface area contributed by atoms with Crippen LogP contribution in [-0.2, 0) is 17.3 Å². The summed E-state index contributed by atoms with van der Waals surface area (Å²) in [7, 11) is 5.25. The summed E-state index contributed by atoms with van der Waals surface area (Å²) in [6, 6.07) is 5.86. The fraction of sp³-hybridized carbons (Fsp3) is 0.545. The van der Waals surface area contributed by atoms with Crippen LogP contribution in [0.4, 0.5) is 0 Å². The maximum Gasteiger partial charge on any atom is 0.231 e. The van der Waals surface area contributed by atoms with E-state index >= 15 is 0 Å². The first-order valence-electron chi connectivity index (χ1n) is 10.1. The van der Waals surface area contributed by atoms with Gasteiger partial charge < -0.3 is 19.4 Å². The summed E-state index contributed by atoms with van der Waals surface area (Å²) >= 11 is 0. The summed E-state index contributed by atoms with van der Waals surface area (Å²) in [6.07, 6.45) is 9.84. The summed E-state index contributed by atoms with van der Waals surface area (Å²) in [4.78, 5) is 18.2. The van der Waals surface area contributed by atoms with E-state index in [1.54, 1.807) is 20.4 Å². The largest absolute Gasteiger partial charge is 0.493 e. The molecule has 1 aromatic carbocycles. The van der Waals surface area contributed by atoms with E-state index in [1.165, 1.54) is 0 Å². The number of rotatable bonds is 7. The summed E-state index contributed by atoms with van der Waals surface area (Å²) in [5.41, 5.74) is 0.493. The summed E-state index contributed by atoms with van der Waals surface area (Å²) in [5, 5.41) is 3.38. The molecule has 1 atom stereocenters. The van der Waals surface area contributed by atoms with Crippen LogP contribution in [0.1, 0.15) is 56.0 Å². The lowest BCUT2D eigenvalue weighted by atomic mass is 9.77. The molecule has 2 aliphatic carbocycles. The molecule has 28 heavy (non-hydrogen) atoms. The van der Waals surface area contributed by atoms with Crippen LogP contribution in [0.15, 0.2) is 30.6 Å². The number of amides is 1. The molecule has 0 spiro atoms. The van der Waals surface area contributed by atoms with Crippen LogP contribution in [0.3, 0.4) is 0 Å². The third-order valence-electron chi connectivity index (χ3n) is 6.34. The number of ether oxygens (including phenoxy) is 2. The normalized spacial score (nSPS) is 19.2. The Morgan fingerprint density at radius 3 is 2.50 bits per heavy atom. The van der Waals surface area contributed by atoms with E-state index in [4.69, 9.17) is 9.47 Å². The van der Waals surface area contributed by atoms with Gasteiger partial charge in [0.05, 0.1) is 25.7 Å². The van der Waals surface area contributed by atoms with E-state index in [-0.39, 0.29) is 11.9 Å². The van der Waals surface area contributed by atoms with Gasteiger partial charge in [0.2, 0.25) is 5.91 Å². The van der Waals surface area contributed by atoms with Gasteiger partial charge in [0.25, 0.3) is 0 Å². The molecule has 2 aliphatic rings. The lowest BCUT2D eigenvalue weighted by Crippen LogP contribution is -2.45. The monoisotopic (exact) mass is 383 g/mol. The van der Waals surface area contributed by atoms with Gasteiger partial charge in [-0.25, -0.2) is 4.98 Å². The number of benzene rings is 1. The zero-order chi connectivity index (χ0) is 19.7. The van der Waals surface area contributed by atoms with E-state index in [0.717, 1.165) is 49.9 Å². The van der Waals surface area contributed by atoms with Gasteiger partial charge in [0.1, 0.15) is 5.82 Å². The van der Waals surface area contributed by atoms with Crippen molar-refractivity contribution in [2.24, 2.45) is 13.0 Å². The Hall–Kier alpha value is -2.50. The highest BCUT2D eigenvalue weighted by Gasteiger charge is 2.46. The Morgan fingerprint density at radius 1 is 1.21 bits per heavy atom. The first-order chi connectivity index (χ1) is 13.6. The smallest absolute Gasteiger partial charge is 0.231 e. The predicted octanol–water partition coefficient (Wildman–Crippen LogP) is 3.52. The molecule has 4 rings (SSSR count). The molecule has 1 unspecified atom stereocenters. The second-order valence-electron chi connectivity index (χ2n) is 8.04. The Kier molecular flexibility index (Phi) is 5.04. The minimum Gasteiger partial charge on any atom is -0.493 e. The zero-order valence-electron chi connectivity index (χ0n) is 16.9. The number of aromatic nitrogens is 2. The molecule has 1 amide bonds. The molecule has 1 N–H and O–H groups in total. The number of methoxy groups -OCH3 is 2. The van der Waals surface area contributed by atoms with E-state index in [1.807, 2.05) is 36.0 Å². The first-order valence-corrected chi connectivity index (χ1v) is 10.1. The van der Waals surface area contributed by atoms with Gasteiger partial charge in [-0.1, -0.05) is 18.9 Å². The van der Waals surface area contributed by atoms with Gasteiger partial charge in [0.15, 0.2) is 11.5 Å².